The first-order valence-electron chi connectivity index (χ1n) is 4.40. The number of hydrogen-bond donors (Lipinski definition) is 1. The van der Waals surface area contributed by atoms with E-state index >= 15 is 0 Å². The topological polar surface area (TPSA) is 42.1 Å². The summed E-state index contributed by atoms with van der Waals surface area (Å²) in [5.41, 5.74) is 5.65. The lowest BCUT2D eigenvalue weighted by Crippen LogP contribution is -2.25. The van der Waals surface area contributed by atoms with Crippen molar-refractivity contribution in [3.8, 4) is 0 Å². The van der Waals surface area contributed by atoms with Crippen LogP contribution in [0.4, 0.5) is 10.1 Å². The van der Waals surface area contributed by atoms with E-state index in [2.05, 4.69) is 9.88 Å². The number of nitrogen functional groups attached to an aromatic ring is 1. The fourth-order valence-electron chi connectivity index (χ4n) is 1.36. The second-order valence-corrected chi connectivity index (χ2v) is 5.26. The minimum Gasteiger partial charge on any atom is -0.389 e. The average Bonchev–Trinajstić information content (AvgIpc) is 2.43. The first-order chi connectivity index (χ1) is 6.36. The standard InChI is InChI=1S/C8H13N3S2/c9-7-6-10-8(13-7)11-2-1-4-12-5-3-11/h6H,1-5,9H2. The minimum atomic E-state index is 0.812. The van der Waals surface area contributed by atoms with Crippen molar-refractivity contribution in [2.75, 3.05) is 35.2 Å². The summed E-state index contributed by atoms with van der Waals surface area (Å²) in [5, 5.41) is 1.90. The zero-order valence-corrected chi connectivity index (χ0v) is 9.03. The molecule has 1 aromatic rings. The lowest BCUT2D eigenvalue weighted by Gasteiger charge is -2.17. The van der Waals surface area contributed by atoms with Crippen molar-refractivity contribution in [3.63, 3.8) is 0 Å². The zero-order valence-electron chi connectivity index (χ0n) is 7.40. The number of nitrogens with two attached hydrogens (primary N) is 1. The van der Waals surface area contributed by atoms with E-state index in [0.29, 0.717) is 0 Å². The highest BCUT2D eigenvalue weighted by Crippen LogP contribution is 2.25. The van der Waals surface area contributed by atoms with Crippen LogP contribution >= 0.6 is 23.1 Å². The molecule has 13 heavy (non-hydrogen) atoms. The van der Waals surface area contributed by atoms with Gasteiger partial charge < -0.3 is 10.6 Å². The Morgan fingerprint density at radius 1 is 1.38 bits per heavy atom. The Hall–Kier alpha value is -0.420. The van der Waals surface area contributed by atoms with Crippen molar-refractivity contribution >= 4 is 33.2 Å². The predicted molar refractivity (Wildman–Crippen MR) is 60.7 cm³/mol. The molecule has 0 radical (unpaired) electrons. The van der Waals surface area contributed by atoms with Crippen molar-refractivity contribution < 1.29 is 0 Å². The van der Waals surface area contributed by atoms with Gasteiger partial charge in [-0.15, -0.1) is 0 Å². The molecule has 2 heterocycles. The van der Waals surface area contributed by atoms with Crippen molar-refractivity contribution in [1.82, 2.24) is 4.98 Å². The van der Waals surface area contributed by atoms with Crippen LogP contribution in [0.25, 0.3) is 0 Å². The van der Waals surface area contributed by atoms with Crippen LogP contribution in [0.3, 0.4) is 0 Å². The molecule has 1 saturated heterocycles. The second kappa shape index (κ2) is 4.19. The molecule has 72 valence electrons. The van der Waals surface area contributed by atoms with E-state index in [0.717, 1.165) is 23.2 Å². The SMILES string of the molecule is Nc1cnc(N2CCCSCC2)s1. The summed E-state index contributed by atoms with van der Waals surface area (Å²) in [7, 11) is 0. The van der Waals surface area contributed by atoms with Crippen LogP contribution in [0, 0.1) is 0 Å². The molecule has 2 rings (SSSR count). The third-order valence-corrected chi connectivity index (χ3v) is 3.94. The summed E-state index contributed by atoms with van der Waals surface area (Å²) >= 11 is 3.61. The smallest absolute Gasteiger partial charge is 0.187 e. The van der Waals surface area contributed by atoms with E-state index in [4.69, 9.17) is 5.73 Å². The molecule has 0 bridgehead atoms. The maximum Gasteiger partial charge on any atom is 0.187 e. The molecule has 3 nitrogen and oxygen atoms in total. The second-order valence-electron chi connectivity index (χ2n) is 3.00. The van der Waals surface area contributed by atoms with E-state index in [-0.39, 0.29) is 0 Å². The highest BCUT2D eigenvalue weighted by atomic mass is 32.2. The number of rotatable bonds is 1. The number of nitrogens with zero attached hydrogens (tertiary/aromatic N) is 2. The molecule has 0 amide bonds. The first-order valence-corrected chi connectivity index (χ1v) is 6.37. The van der Waals surface area contributed by atoms with Crippen LogP contribution in [0.5, 0.6) is 0 Å². The molecule has 1 aromatic heterocycles. The fraction of sp³-hybridized carbons (Fsp3) is 0.625. The van der Waals surface area contributed by atoms with Crippen LogP contribution in [0.2, 0.25) is 0 Å². The van der Waals surface area contributed by atoms with Gasteiger partial charge in [0.2, 0.25) is 0 Å². The van der Waals surface area contributed by atoms with Gasteiger partial charge in [-0.2, -0.15) is 11.8 Å². The molecule has 0 unspecified atom stereocenters. The number of thioether (sulfide) groups is 1. The summed E-state index contributed by atoms with van der Waals surface area (Å²) in [6.45, 7) is 2.23. The Morgan fingerprint density at radius 2 is 2.31 bits per heavy atom. The minimum absolute atomic E-state index is 0.812. The lowest BCUT2D eigenvalue weighted by atomic mass is 10.4. The molecule has 0 atom stereocenters. The Labute approximate surface area is 86.3 Å². The Kier molecular flexibility index (Phi) is 2.95. The highest BCUT2D eigenvalue weighted by Gasteiger charge is 2.12. The Morgan fingerprint density at radius 3 is 3.08 bits per heavy atom. The quantitative estimate of drug-likeness (QED) is 0.774. The van der Waals surface area contributed by atoms with Gasteiger partial charge in [0, 0.05) is 18.8 Å². The van der Waals surface area contributed by atoms with Gasteiger partial charge in [0.05, 0.1) is 6.20 Å². The summed E-state index contributed by atoms with van der Waals surface area (Å²) in [5.74, 6) is 2.48. The van der Waals surface area contributed by atoms with Gasteiger partial charge in [-0.1, -0.05) is 11.3 Å². The van der Waals surface area contributed by atoms with Crippen molar-refractivity contribution in [1.29, 1.82) is 0 Å². The summed E-state index contributed by atoms with van der Waals surface area (Å²) in [4.78, 5) is 6.63. The van der Waals surface area contributed by atoms with E-state index in [1.165, 1.54) is 17.9 Å². The van der Waals surface area contributed by atoms with Gasteiger partial charge in [-0.25, -0.2) is 4.98 Å². The fourth-order valence-corrected chi connectivity index (χ4v) is 2.98. The van der Waals surface area contributed by atoms with Crippen LogP contribution in [-0.4, -0.2) is 29.6 Å². The zero-order chi connectivity index (χ0) is 9.10. The van der Waals surface area contributed by atoms with Crippen LogP contribution in [0.1, 0.15) is 6.42 Å². The Balaban J connectivity index is 2.06. The van der Waals surface area contributed by atoms with Crippen molar-refractivity contribution in [2.24, 2.45) is 0 Å². The molecule has 0 saturated carbocycles. The maximum absolute atomic E-state index is 5.65. The summed E-state index contributed by atoms with van der Waals surface area (Å²) in [6, 6.07) is 0. The number of anilines is 2. The van der Waals surface area contributed by atoms with E-state index in [1.54, 1.807) is 17.5 Å². The van der Waals surface area contributed by atoms with E-state index < -0.39 is 0 Å². The maximum atomic E-state index is 5.65. The molecule has 1 aliphatic rings. The van der Waals surface area contributed by atoms with E-state index in [1.807, 2.05) is 11.8 Å². The largest absolute Gasteiger partial charge is 0.389 e. The molecule has 0 aromatic carbocycles. The highest BCUT2D eigenvalue weighted by molar-refractivity contribution is 7.99. The van der Waals surface area contributed by atoms with Gasteiger partial charge in [-0.3, -0.25) is 0 Å². The average molecular weight is 215 g/mol. The lowest BCUT2D eigenvalue weighted by molar-refractivity contribution is 0.812. The molecule has 1 aliphatic heterocycles. The predicted octanol–water partition coefficient (Wildman–Crippen LogP) is 1.67. The van der Waals surface area contributed by atoms with Crippen LogP contribution in [-0.2, 0) is 0 Å². The molecular weight excluding hydrogens is 202 g/mol. The molecule has 0 spiro atoms. The van der Waals surface area contributed by atoms with Crippen molar-refractivity contribution in [3.05, 3.63) is 6.20 Å². The molecule has 0 aliphatic carbocycles. The van der Waals surface area contributed by atoms with Crippen LogP contribution < -0.4 is 10.6 Å². The monoisotopic (exact) mass is 215 g/mol. The number of aromatic nitrogens is 1. The molecule has 1 fully saturated rings. The van der Waals surface area contributed by atoms with E-state index in [9.17, 15) is 0 Å². The van der Waals surface area contributed by atoms with Crippen LogP contribution in [0.15, 0.2) is 6.20 Å². The third-order valence-electron chi connectivity index (χ3n) is 2.00. The third kappa shape index (κ3) is 2.28. The number of hydrogen-bond acceptors (Lipinski definition) is 5. The Bertz CT molecular complexity index is 266. The molecular formula is C8H13N3S2. The molecule has 2 N–H and O–H groups in total. The van der Waals surface area contributed by atoms with Gasteiger partial charge in [-0.05, 0) is 12.2 Å². The van der Waals surface area contributed by atoms with Gasteiger partial charge >= 0.3 is 0 Å². The van der Waals surface area contributed by atoms with Gasteiger partial charge in [0.25, 0.3) is 0 Å². The normalized spacial score (nSPS) is 18.6. The first kappa shape index (κ1) is 9.15. The van der Waals surface area contributed by atoms with Gasteiger partial charge in [0.1, 0.15) is 5.00 Å². The van der Waals surface area contributed by atoms with Crippen molar-refractivity contribution in [2.45, 2.75) is 6.42 Å². The molecule has 5 heteroatoms. The number of thiazole rings is 1. The summed E-state index contributed by atoms with van der Waals surface area (Å²) < 4.78 is 0. The summed E-state index contributed by atoms with van der Waals surface area (Å²) in [6.07, 6.45) is 3.00. The van der Waals surface area contributed by atoms with Gasteiger partial charge in [0.15, 0.2) is 5.13 Å².